The molecular formula is C20H21FN2O3S. The van der Waals surface area contributed by atoms with Crippen LogP contribution in [0.4, 0.5) is 4.39 Å². The number of carbonyl (C=O) groups excluding carboxylic acids is 1. The van der Waals surface area contributed by atoms with Gasteiger partial charge < -0.3 is 4.90 Å². The molecule has 1 amide bonds. The minimum Gasteiger partial charge on any atom is -0.337 e. The van der Waals surface area contributed by atoms with Crippen molar-refractivity contribution in [1.82, 2.24) is 4.90 Å². The van der Waals surface area contributed by atoms with E-state index in [1.807, 2.05) is 0 Å². The zero-order chi connectivity index (χ0) is 19.2. The largest absolute Gasteiger partial charge is 0.337 e. The van der Waals surface area contributed by atoms with Crippen LogP contribution in [0.1, 0.15) is 35.4 Å². The Hall–Kier alpha value is -2.25. The van der Waals surface area contributed by atoms with Crippen LogP contribution < -0.4 is 5.14 Å². The topological polar surface area (TPSA) is 80.5 Å². The second kappa shape index (κ2) is 6.73. The Bertz CT molecular complexity index is 985. The van der Waals surface area contributed by atoms with Crippen LogP contribution in [0, 0.1) is 11.7 Å². The van der Waals surface area contributed by atoms with E-state index in [0.717, 1.165) is 29.5 Å². The van der Waals surface area contributed by atoms with Gasteiger partial charge in [-0.3, -0.25) is 4.79 Å². The normalized spacial score (nSPS) is 18.1. The molecule has 2 aliphatic rings. The van der Waals surface area contributed by atoms with Crippen molar-refractivity contribution in [3.8, 4) is 0 Å². The van der Waals surface area contributed by atoms with Gasteiger partial charge in [-0.15, -0.1) is 0 Å². The number of benzene rings is 2. The Kier molecular flexibility index (Phi) is 4.52. The van der Waals surface area contributed by atoms with E-state index >= 15 is 0 Å². The number of sulfonamides is 1. The molecule has 0 aromatic heterocycles. The summed E-state index contributed by atoms with van der Waals surface area (Å²) >= 11 is 0. The molecule has 2 aromatic rings. The number of halogens is 1. The Morgan fingerprint density at radius 1 is 1.11 bits per heavy atom. The third-order valence-corrected chi connectivity index (χ3v) is 6.33. The quantitative estimate of drug-likeness (QED) is 0.874. The highest BCUT2D eigenvalue weighted by Crippen LogP contribution is 2.44. The number of nitrogens with two attached hydrogens (primary N) is 1. The highest BCUT2D eigenvalue weighted by atomic mass is 32.2. The summed E-state index contributed by atoms with van der Waals surface area (Å²) in [5.41, 5.74) is 2.69. The molecule has 1 heterocycles. The van der Waals surface area contributed by atoms with Crippen LogP contribution in [0.5, 0.6) is 0 Å². The highest BCUT2D eigenvalue weighted by molar-refractivity contribution is 7.89. The third kappa shape index (κ3) is 3.75. The van der Waals surface area contributed by atoms with E-state index in [9.17, 15) is 17.6 Å². The van der Waals surface area contributed by atoms with Crippen LogP contribution in [0.3, 0.4) is 0 Å². The summed E-state index contributed by atoms with van der Waals surface area (Å²) in [6, 6.07) is 11.0. The van der Waals surface area contributed by atoms with Crippen molar-refractivity contribution in [2.24, 2.45) is 11.1 Å². The molecule has 7 heteroatoms. The first-order chi connectivity index (χ1) is 12.8. The van der Waals surface area contributed by atoms with Crippen molar-refractivity contribution >= 4 is 15.9 Å². The van der Waals surface area contributed by atoms with Crippen LogP contribution in [0.2, 0.25) is 0 Å². The maximum Gasteiger partial charge on any atom is 0.238 e. The number of hydrogen-bond donors (Lipinski definition) is 1. The van der Waals surface area contributed by atoms with E-state index < -0.39 is 10.0 Å². The van der Waals surface area contributed by atoms with Gasteiger partial charge in [-0.1, -0.05) is 18.2 Å². The van der Waals surface area contributed by atoms with Crippen molar-refractivity contribution in [2.75, 3.05) is 6.54 Å². The maximum absolute atomic E-state index is 13.3. The summed E-state index contributed by atoms with van der Waals surface area (Å²) < 4.78 is 36.5. The fourth-order valence-electron chi connectivity index (χ4n) is 3.81. The van der Waals surface area contributed by atoms with Crippen LogP contribution in [0.15, 0.2) is 47.4 Å². The summed E-state index contributed by atoms with van der Waals surface area (Å²) in [6.07, 6.45) is 2.66. The monoisotopic (exact) mass is 388 g/mol. The predicted octanol–water partition coefficient (Wildman–Crippen LogP) is 2.55. The standard InChI is InChI=1S/C20H21FN2O3S/c21-17-6-3-15(4-7-17)19(14-1-2-14)20(24)23-10-9-13-5-8-18(27(22,25)26)11-16(13)12-23/h3-8,11,14,19H,1-2,9-10,12H2,(H2,22,25,26). The molecule has 27 heavy (non-hydrogen) atoms. The molecule has 0 bridgehead atoms. The summed E-state index contributed by atoms with van der Waals surface area (Å²) in [4.78, 5) is 15.1. The number of amides is 1. The summed E-state index contributed by atoms with van der Waals surface area (Å²) in [5, 5.41) is 5.23. The number of hydrogen-bond acceptors (Lipinski definition) is 3. The number of rotatable bonds is 4. The lowest BCUT2D eigenvalue weighted by molar-refractivity contribution is -0.134. The van der Waals surface area contributed by atoms with Gasteiger partial charge in [0, 0.05) is 13.1 Å². The summed E-state index contributed by atoms with van der Waals surface area (Å²) in [7, 11) is -3.78. The second-order valence-corrected chi connectivity index (χ2v) is 8.91. The van der Waals surface area contributed by atoms with Crippen molar-refractivity contribution < 1.29 is 17.6 Å². The molecule has 5 nitrogen and oxygen atoms in total. The van der Waals surface area contributed by atoms with E-state index in [1.165, 1.54) is 18.2 Å². The van der Waals surface area contributed by atoms with E-state index in [2.05, 4.69) is 0 Å². The average Bonchev–Trinajstić information content (AvgIpc) is 3.46. The minimum absolute atomic E-state index is 0.0239. The number of nitrogens with zero attached hydrogens (tertiary/aromatic N) is 1. The first kappa shape index (κ1) is 18.1. The molecular weight excluding hydrogens is 367 g/mol. The first-order valence-corrected chi connectivity index (χ1v) is 10.6. The smallest absolute Gasteiger partial charge is 0.238 e. The van der Waals surface area contributed by atoms with Crippen molar-refractivity contribution in [1.29, 1.82) is 0 Å². The third-order valence-electron chi connectivity index (χ3n) is 5.42. The van der Waals surface area contributed by atoms with Crippen LogP contribution >= 0.6 is 0 Å². The molecule has 142 valence electrons. The van der Waals surface area contributed by atoms with Gasteiger partial charge in [-0.2, -0.15) is 0 Å². The fourth-order valence-corrected chi connectivity index (χ4v) is 4.38. The van der Waals surface area contributed by atoms with Gasteiger partial charge >= 0.3 is 0 Å². The minimum atomic E-state index is -3.78. The van der Waals surface area contributed by atoms with Crippen molar-refractivity contribution in [3.05, 3.63) is 65.0 Å². The van der Waals surface area contributed by atoms with Gasteiger partial charge in [-0.05, 0) is 66.1 Å². The molecule has 1 fully saturated rings. The zero-order valence-electron chi connectivity index (χ0n) is 14.8. The van der Waals surface area contributed by atoms with Gasteiger partial charge in [0.1, 0.15) is 5.82 Å². The number of primary sulfonamides is 1. The molecule has 1 aliphatic heterocycles. The number of fused-ring (bicyclic) bond motifs is 1. The molecule has 2 aromatic carbocycles. The lowest BCUT2D eigenvalue weighted by atomic mass is 9.91. The van der Waals surface area contributed by atoms with Gasteiger partial charge in [0.05, 0.1) is 10.8 Å². The zero-order valence-corrected chi connectivity index (χ0v) is 15.6. The highest BCUT2D eigenvalue weighted by Gasteiger charge is 2.40. The van der Waals surface area contributed by atoms with E-state index in [0.29, 0.717) is 25.4 Å². The van der Waals surface area contributed by atoms with E-state index in [4.69, 9.17) is 5.14 Å². The lowest BCUT2D eigenvalue weighted by Crippen LogP contribution is -2.39. The first-order valence-electron chi connectivity index (χ1n) is 9.02. The average molecular weight is 388 g/mol. The SMILES string of the molecule is NS(=O)(=O)c1ccc2c(c1)CN(C(=O)C(c1ccc(F)cc1)C1CC1)CC2. The lowest BCUT2D eigenvalue weighted by Gasteiger charge is -2.32. The number of carbonyl (C=O) groups is 1. The molecule has 4 rings (SSSR count). The molecule has 0 spiro atoms. The molecule has 2 N–H and O–H groups in total. The van der Waals surface area contributed by atoms with Gasteiger partial charge in [0.2, 0.25) is 15.9 Å². The van der Waals surface area contributed by atoms with Gasteiger partial charge in [0.15, 0.2) is 0 Å². The molecule has 0 saturated heterocycles. The van der Waals surface area contributed by atoms with Crippen LogP contribution in [-0.2, 0) is 27.8 Å². The van der Waals surface area contributed by atoms with Crippen molar-refractivity contribution in [3.63, 3.8) is 0 Å². The Balaban J connectivity index is 1.60. The molecule has 1 unspecified atom stereocenters. The van der Waals surface area contributed by atoms with Crippen LogP contribution in [-0.4, -0.2) is 25.8 Å². The molecule has 1 aliphatic carbocycles. The van der Waals surface area contributed by atoms with Gasteiger partial charge in [0.25, 0.3) is 0 Å². The fraction of sp³-hybridized carbons (Fsp3) is 0.350. The summed E-state index contributed by atoms with van der Waals surface area (Å²) in [5.74, 6) is -0.271. The molecule has 1 saturated carbocycles. The Labute approximate surface area is 158 Å². The maximum atomic E-state index is 13.3. The molecule has 1 atom stereocenters. The second-order valence-electron chi connectivity index (χ2n) is 7.35. The Morgan fingerprint density at radius 2 is 1.81 bits per heavy atom. The van der Waals surface area contributed by atoms with Crippen LogP contribution in [0.25, 0.3) is 0 Å². The van der Waals surface area contributed by atoms with Gasteiger partial charge in [-0.25, -0.2) is 17.9 Å². The Morgan fingerprint density at radius 3 is 2.44 bits per heavy atom. The van der Waals surface area contributed by atoms with E-state index in [1.54, 1.807) is 29.2 Å². The predicted molar refractivity (Wildman–Crippen MR) is 98.8 cm³/mol. The van der Waals surface area contributed by atoms with E-state index in [-0.39, 0.29) is 22.5 Å². The summed E-state index contributed by atoms with van der Waals surface area (Å²) in [6.45, 7) is 0.951. The molecule has 0 radical (unpaired) electrons. The van der Waals surface area contributed by atoms with Crippen molar-refractivity contribution in [2.45, 2.75) is 36.6 Å².